The van der Waals surface area contributed by atoms with Gasteiger partial charge >= 0.3 is 12.2 Å². The summed E-state index contributed by atoms with van der Waals surface area (Å²) in [4.78, 5) is 28.3. The highest BCUT2D eigenvalue weighted by molar-refractivity contribution is 5.70. The number of amides is 2. The molecule has 0 bridgehead atoms. The van der Waals surface area contributed by atoms with Crippen LogP contribution in [-0.2, 0) is 22.5 Å². The van der Waals surface area contributed by atoms with E-state index in [2.05, 4.69) is 16.3 Å². The van der Waals surface area contributed by atoms with E-state index in [1.54, 1.807) is 11.0 Å². The van der Waals surface area contributed by atoms with Gasteiger partial charge in [-0.2, -0.15) is 5.26 Å². The lowest BCUT2D eigenvalue weighted by atomic mass is 10.0. The molecule has 8 heteroatoms. The minimum absolute atomic E-state index is 0.242. The molecule has 8 nitrogen and oxygen atoms in total. The number of para-hydroxylation sites is 1. The Kier molecular flexibility index (Phi) is 8.36. The first-order chi connectivity index (χ1) is 16.3. The normalized spacial score (nSPS) is 13.7. The predicted octanol–water partition coefficient (Wildman–Crippen LogP) is 4.08. The van der Waals surface area contributed by atoms with Gasteiger partial charge < -0.3 is 24.6 Å². The Hall–Kier alpha value is -3.73. The van der Waals surface area contributed by atoms with E-state index in [1.807, 2.05) is 63.2 Å². The van der Waals surface area contributed by atoms with Crippen molar-refractivity contribution in [3.63, 3.8) is 0 Å². The molecule has 1 heterocycles. The Balaban J connectivity index is 1.57. The summed E-state index contributed by atoms with van der Waals surface area (Å²) in [6.45, 7) is 8.27. The zero-order chi connectivity index (χ0) is 24.6. The van der Waals surface area contributed by atoms with Crippen LogP contribution in [0.5, 0.6) is 0 Å². The number of hydrogen-bond acceptors (Lipinski definition) is 6. The summed E-state index contributed by atoms with van der Waals surface area (Å²) in [6, 6.07) is 17.5. The van der Waals surface area contributed by atoms with E-state index in [1.165, 1.54) is 0 Å². The molecule has 0 unspecified atom stereocenters. The fourth-order valence-electron chi connectivity index (χ4n) is 3.79. The van der Waals surface area contributed by atoms with Crippen molar-refractivity contribution in [1.82, 2.24) is 10.2 Å². The van der Waals surface area contributed by atoms with Crippen LogP contribution in [0.3, 0.4) is 0 Å². The molecule has 1 N–H and O–H groups in total. The van der Waals surface area contributed by atoms with Crippen LogP contribution in [0.15, 0.2) is 48.5 Å². The maximum atomic E-state index is 12.5. The van der Waals surface area contributed by atoms with Crippen LogP contribution in [0.2, 0.25) is 0 Å². The SMILES string of the molecule is CC(C)(C)OC(=O)NCCc1cccc(C#N)c1N1CCN(C(=O)OCc2ccccc2)CC1. The van der Waals surface area contributed by atoms with E-state index in [0.717, 1.165) is 16.8 Å². The third-order valence-electron chi connectivity index (χ3n) is 5.36. The third-order valence-corrected chi connectivity index (χ3v) is 5.36. The largest absolute Gasteiger partial charge is 0.445 e. The number of alkyl carbamates (subject to hydrolysis) is 1. The molecule has 1 aliphatic rings. The topological polar surface area (TPSA) is 94.9 Å². The second-order valence-electron chi connectivity index (χ2n) is 9.12. The van der Waals surface area contributed by atoms with Crippen molar-refractivity contribution in [2.45, 2.75) is 39.4 Å². The molecule has 180 valence electrons. The van der Waals surface area contributed by atoms with Crippen molar-refractivity contribution in [2.75, 3.05) is 37.6 Å². The molecule has 1 fully saturated rings. The van der Waals surface area contributed by atoms with Crippen molar-refractivity contribution < 1.29 is 19.1 Å². The highest BCUT2D eigenvalue weighted by Crippen LogP contribution is 2.27. The Morgan fingerprint density at radius 2 is 1.74 bits per heavy atom. The van der Waals surface area contributed by atoms with Crippen LogP contribution in [0, 0.1) is 11.3 Å². The number of carbonyl (C=O) groups excluding carboxylic acids is 2. The summed E-state index contributed by atoms with van der Waals surface area (Å²) in [7, 11) is 0. The molecular weight excluding hydrogens is 432 g/mol. The first-order valence-electron chi connectivity index (χ1n) is 11.5. The van der Waals surface area contributed by atoms with Gasteiger partial charge in [0, 0.05) is 32.7 Å². The van der Waals surface area contributed by atoms with E-state index >= 15 is 0 Å². The number of rotatable bonds is 6. The Morgan fingerprint density at radius 1 is 1.03 bits per heavy atom. The van der Waals surface area contributed by atoms with Crippen molar-refractivity contribution in [2.24, 2.45) is 0 Å². The van der Waals surface area contributed by atoms with Crippen LogP contribution < -0.4 is 10.2 Å². The third kappa shape index (κ3) is 7.14. The van der Waals surface area contributed by atoms with Gasteiger partial charge in [-0.1, -0.05) is 42.5 Å². The van der Waals surface area contributed by atoms with Crippen LogP contribution in [0.25, 0.3) is 0 Å². The summed E-state index contributed by atoms with van der Waals surface area (Å²) in [6.07, 6.45) is -0.240. The number of nitriles is 1. The van der Waals surface area contributed by atoms with E-state index in [-0.39, 0.29) is 12.7 Å². The summed E-state index contributed by atoms with van der Waals surface area (Å²) in [5.74, 6) is 0. The highest BCUT2D eigenvalue weighted by atomic mass is 16.6. The Labute approximate surface area is 201 Å². The lowest BCUT2D eigenvalue weighted by Gasteiger charge is -2.37. The zero-order valence-electron chi connectivity index (χ0n) is 20.0. The summed E-state index contributed by atoms with van der Waals surface area (Å²) < 4.78 is 10.7. The first kappa shape index (κ1) is 24.9. The highest BCUT2D eigenvalue weighted by Gasteiger charge is 2.25. The van der Waals surface area contributed by atoms with Crippen molar-refractivity contribution in [3.8, 4) is 6.07 Å². The van der Waals surface area contributed by atoms with Gasteiger partial charge in [0.2, 0.25) is 0 Å². The van der Waals surface area contributed by atoms with Gasteiger partial charge in [0.25, 0.3) is 0 Å². The second-order valence-corrected chi connectivity index (χ2v) is 9.12. The van der Waals surface area contributed by atoms with Crippen LogP contribution >= 0.6 is 0 Å². The van der Waals surface area contributed by atoms with Crippen LogP contribution in [0.1, 0.15) is 37.5 Å². The number of carbonyl (C=O) groups is 2. The number of nitrogens with zero attached hydrogens (tertiary/aromatic N) is 3. The predicted molar refractivity (Wildman–Crippen MR) is 130 cm³/mol. The van der Waals surface area contributed by atoms with E-state index in [0.29, 0.717) is 44.7 Å². The maximum Gasteiger partial charge on any atom is 0.410 e. The molecule has 0 aliphatic carbocycles. The number of piperazine rings is 1. The van der Waals surface area contributed by atoms with Crippen molar-refractivity contribution >= 4 is 17.9 Å². The van der Waals surface area contributed by atoms with Crippen LogP contribution in [0.4, 0.5) is 15.3 Å². The van der Waals surface area contributed by atoms with Gasteiger partial charge in [-0.3, -0.25) is 0 Å². The molecule has 0 aromatic heterocycles. The summed E-state index contributed by atoms with van der Waals surface area (Å²) in [5, 5.41) is 12.5. The second kappa shape index (κ2) is 11.4. The van der Waals surface area contributed by atoms with Gasteiger partial charge in [-0.05, 0) is 44.4 Å². The maximum absolute atomic E-state index is 12.5. The molecule has 0 radical (unpaired) electrons. The standard InChI is InChI=1S/C26H32N4O4/c1-26(2,3)34-24(31)28-13-12-21-10-7-11-22(18-27)23(21)29-14-16-30(17-15-29)25(32)33-19-20-8-5-4-6-9-20/h4-11H,12-17,19H2,1-3H3,(H,28,31). The van der Waals surface area contributed by atoms with Gasteiger partial charge in [0.1, 0.15) is 18.3 Å². The van der Waals surface area contributed by atoms with Crippen molar-refractivity contribution in [3.05, 3.63) is 65.2 Å². The molecule has 2 amide bonds. The van der Waals surface area contributed by atoms with E-state index in [9.17, 15) is 14.9 Å². The van der Waals surface area contributed by atoms with Gasteiger partial charge in [0.05, 0.1) is 11.3 Å². The quantitative estimate of drug-likeness (QED) is 0.692. The van der Waals surface area contributed by atoms with Gasteiger partial charge in [0.15, 0.2) is 0 Å². The molecule has 2 aromatic carbocycles. The van der Waals surface area contributed by atoms with Gasteiger partial charge in [-0.15, -0.1) is 0 Å². The first-order valence-corrected chi connectivity index (χ1v) is 11.5. The smallest absolute Gasteiger partial charge is 0.410 e. The van der Waals surface area contributed by atoms with E-state index < -0.39 is 11.7 Å². The number of ether oxygens (including phenoxy) is 2. The number of benzene rings is 2. The number of nitrogens with one attached hydrogen (secondary N) is 1. The minimum atomic E-state index is -0.558. The summed E-state index contributed by atoms with van der Waals surface area (Å²) in [5.41, 5.74) is 2.79. The molecule has 1 aliphatic heterocycles. The minimum Gasteiger partial charge on any atom is -0.445 e. The number of hydrogen-bond donors (Lipinski definition) is 1. The zero-order valence-corrected chi connectivity index (χ0v) is 20.0. The lowest BCUT2D eigenvalue weighted by Crippen LogP contribution is -2.49. The van der Waals surface area contributed by atoms with Crippen molar-refractivity contribution in [1.29, 1.82) is 5.26 Å². The Morgan fingerprint density at radius 3 is 2.38 bits per heavy atom. The van der Waals surface area contributed by atoms with Crippen LogP contribution in [-0.4, -0.2) is 55.4 Å². The molecule has 34 heavy (non-hydrogen) atoms. The average Bonchev–Trinajstić information content (AvgIpc) is 2.82. The average molecular weight is 465 g/mol. The molecule has 2 aromatic rings. The van der Waals surface area contributed by atoms with E-state index in [4.69, 9.17) is 9.47 Å². The van der Waals surface area contributed by atoms with Gasteiger partial charge in [-0.25, -0.2) is 9.59 Å². The molecular formula is C26H32N4O4. The Bertz CT molecular complexity index is 1020. The summed E-state index contributed by atoms with van der Waals surface area (Å²) >= 11 is 0. The molecule has 3 rings (SSSR count). The molecule has 0 spiro atoms. The fourth-order valence-corrected chi connectivity index (χ4v) is 3.79. The molecule has 0 atom stereocenters. The lowest BCUT2D eigenvalue weighted by molar-refractivity contribution is 0.0528. The fraction of sp³-hybridized carbons (Fsp3) is 0.423. The monoisotopic (exact) mass is 464 g/mol. The molecule has 1 saturated heterocycles. The number of anilines is 1. The molecule has 0 saturated carbocycles.